The number of nitrogens with zero attached hydrogens (tertiary/aromatic N) is 3. The van der Waals surface area contributed by atoms with Gasteiger partial charge in [0.1, 0.15) is 18.0 Å². The minimum absolute atomic E-state index is 0.0925. The normalized spacial score (nSPS) is 17.1. The summed E-state index contributed by atoms with van der Waals surface area (Å²) < 4.78 is 33.6. The maximum absolute atomic E-state index is 14.2. The van der Waals surface area contributed by atoms with E-state index in [1.54, 1.807) is 23.9 Å². The van der Waals surface area contributed by atoms with Crippen molar-refractivity contribution in [2.45, 2.75) is 81.8 Å². The fraction of sp³-hybridized carbons (Fsp3) is 0.452. The average Bonchev–Trinajstić information content (AvgIpc) is 3.39. The molecule has 1 aliphatic carbocycles. The molecule has 3 aromatic rings. The molecule has 0 spiro atoms. The number of nitrogens with one attached hydrogen (secondary N) is 1. The molecule has 0 saturated heterocycles. The van der Waals surface area contributed by atoms with Crippen LogP contribution in [-0.4, -0.2) is 40.6 Å². The molecule has 41 heavy (non-hydrogen) atoms. The minimum atomic E-state index is -0.601. The van der Waals surface area contributed by atoms with Crippen LogP contribution in [-0.2, 0) is 15.3 Å². The van der Waals surface area contributed by atoms with Gasteiger partial charge in [0, 0.05) is 11.4 Å². The second kappa shape index (κ2) is 13.4. The lowest BCUT2D eigenvalue weighted by molar-refractivity contribution is -0.146. The first kappa shape index (κ1) is 29.0. The van der Waals surface area contributed by atoms with Gasteiger partial charge in [-0.15, -0.1) is 5.10 Å². The Morgan fingerprint density at radius 3 is 2.71 bits per heavy atom. The van der Waals surface area contributed by atoms with E-state index in [0.717, 1.165) is 44.1 Å². The van der Waals surface area contributed by atoms with Crippen LogP contribution in [0.3, 0.4) is 0 Å². The third-order valence-corrected chi connectivity index (χ3v) is 8.34. The Labute approximate surface area is 244 Å². The summed E-state index contributed by atoms with van der Waals surface area (Å²) in [6.07, 6.45) is 6.91. The molecule has 5 rings (SSSR count). The van der Waals surface area contributed by atoms with Gasteiger partial charge in [-0.25, -0.2) is 13.9 Å². The molecule has 1 N–H and O–H groups in total. The number of carbonyl (C=O) groups excluding carboxylic acids is 1. The number of carbonyl (C=O) groups is 1. The Kier molecular flexibility index (Phi) is 9.49. The predicted molar refractivity (Wildman–Crippen MR) is 157 cm³/mol. The predicted octanol–water partition coefficient (Wildman–Crippen LogP) is 7.06. The van der Waals surface area contributed by atoms with Crippen LogP contribution in [0.1, 0.15) is 76.0 Å². The molecule has 1 atom stereocenters. The number of benzene rings is 2. The second-order valence-electron chi connectivity index (χ2n) is 10.4. The van der Waals surface area contributed by atoms with Gasteiger partial charge in [-0.05, 0) is 68.4 Å². The van der Waals surface area contributed by atoms with Gasteiger partial charge in [0.25, 0.3) is 0 Å². The van der Waals surface area contributed by atoms with E-state index >= 15 is 0 Å². The zero-order chi connectivity index (χ0) is 28.8. The van der Waals surface area contributed by atoms with Gasteiger partial charge in [0.05, 0.1) is 19.3 Å². The van der Waals surface area contributed by atoms with Gasteiger partial charge in [0.2, 0.25) is 11.1 Å². The van der Waals surface area contributed by atoms with E-state index in [0.29, 0.717) is 51.8 Å². The monoisotopic (exact) mass is 580 g/mol. The molecular formula is C31H37FN4O4S. The fourth-order valence-corrected chi connectivity index (χ4v) is 6.04. The lowest BCUT2D eigenvalue weighted by Crippen LogP contribution is -2.32. The molecule has 1 fully saturated rings. The Hall–Kier alpha value is -3.53. The van der Waals surface area contributed by atoms with Crippen molar-refractivity contribution in [2.75, 3.05) is 19.0 Å². The smallest absolute Gasteiger partial charge is 0.338 e. The third kappa shape index (κ3) is 6.69. The summed E-state index contributed by atoms with van der Waals surface area (Å²) in [5.41, 5.74) is 2.49. The highest BCUT2D eigenvalue weighted by molar-refractivity contribution is 7.98. The lowest BCUT2D eigenvalue weighted by Gasteiger charge is -2.30. The first-order valence-corrected chi connectivity index (χ1v) is 15.3. The molecule has 2 heterocycles. The molecule has 1 aromatic heterocycles. The van der Waals surface area contributed by atoms with Crippen LogP contribution < -0.4 is 14.8 Å². The SMILES string of the molecule is CCCCOc1ccc(C2C(C(=O)OC3CCCCC3)=C(C)Nc3nc(SCc4ccccc4F)nn32)cc1OC. The van der Waals surface area contributed by atoms with E-state index < -0.39 is 6.04 Å². The molecule has 10 heteroatoms. The van der Waals surface area contributed by atoms with Crippen molar-refractivity contribution in [3.05, 3.63) is 70.7 Å². The number of allylic oxidation sites excluding steroid dienone is 1. The number of aromatic nitrogens is 3. The Balaban J connectivity index is 1.48. The van der Waals surface area contributed by atoms with Crippen molar-refractivity contribution in [1.82, 2.24) is 14.8 Å². The quantitative estimate of drug-likeness (QED) is 0.147. The van der Waals surface area contributed by atoms with Crippen molar-refractivity contribution in [3.63, 3.8) is 0 Å². The van der Waals surface area contributed by atoms with E-state index in [1.807, 2.05) is 31.2 Å². The molecule has 0 bridgehead atoms. The highest BCUT2D eigenvalue weighted by Gasteiger charge is 2.37. The molecule has 0 amide bonds. The summed E-state index contributed by atoms with van der Waals surface area (Å²) in [7, 11) is 1.60. The van der Waals surface area contributed by atoms with Crippen molar-refractivity contribution >= 4 is 23.7 Å². The Bertz CT molecular complexity index is 1400. The summed E-state index contributed by atoms with van der Waals surface area (Å²) >= 11 is 1.34. The number of ether oxygens (including phenoxy) is 3. The summed E-state index contributed by atoms with van der Waals surface area (Å²) in [4.78, 5) is 18.4. The maximum Gasteiger partial charge on any atom is 0.338 e. The average molecular weight is 581 g/mol. The van der Waals surface area contributed by atoms with E-state index in [9.17, 15) is 9.18 Å². The molecule has 1 unspecified atom stereocenters. The van der Waals surface area contributed by atoms with E-state index in [4.69, 9.17) is 19.3 Å². The Morgan fingerprint density at radius 2 is 1.95 bits per heavy atom. The Morgan fingerprint density at radius 1 is 1.15 bits per heavy atom. The molecule has 2 aliphatic rings. The first-order valence-electron chi connectivity index (χ1n) is 14.3. The zero-order valence-electron chi connectivity index (χ0n) is 23.8. The van der Waals surface area contributed by atoms with Crippen molar-refractivity contribution in [2.24, 2.45) is 0 Å². The topological polar surface area (TPSA) is 87.5 Å². The van der Waals surface area contributed by atoms with Crippen LogP contribution in [0.25, 0.3) is 0 Å². The number of esters is 1. The van der Waals surface area contributed by atoms with Crippen LogP contribution in [0, 0.1) is 5.82 Å². The number of rotatable bonds is 11. The van der Waals surface area contributed by atoms with Crippen LogP contribution in [0.2, 0.25) is 0 Å². The highest BCUT2D eigenvalue weighted by atomic mass is 32.2. The summed E-state index contributed by atoms with van der Waals surface area (Å²) in [6, 6.07) is 11.8. The molecule has 1 aliphatic heterocycles. The zero-order valence-corrected chi connectivity index (χ0v) is 24.6. The highest BCUT2D eigenvalue weighted by Crippen LogP contribution is 2.40. The minimum Gasteiger partial charge on any atom is -0.493 e. The third-order valence-electron chi connectivity index (χ3n) is 7.45. The largest absolute Gasteiger partial charge is 0.493 e. The van der Waals surface area contributed by atoms with Gasteiger partial charge < -0.3 is 19.5 Å². The van der Waals surface area contributed by atoms with Crippen LogP contribution in [0.15, 0.2) is 58.9 Å². The van der Waals surface area contributed by atoms with E-state index in [2.05, 4.69) is 17.2 Å². The number of hydrogen-bond donors (Lipinski definition) is 1. The summed E-state index contributed by atoms with van der Waals surface area (Å²) in [6.45, 7) is 4.56. The first-order chi connectivity index (χ1) is 20.0. The number of hydrogen-bond acceptors (Lipinski definition) is 8. The van der Waals surface area contributed by atoms with E-state index in [-0.39, 0.29) is 17.9 Å². The number of fused-ring (bicyclic) bond motifs is 1. The second-order valence-corrected chi connectivity index (χ2v) is 11.3. The number of anilines is 1. The van der Waals surface area contributed by atoms with Gasteiger partial charge in [-0.3, -0.25) is 0 Å². The number of thioether (sulfide) groups is 1. The van der Waals surface area contributed by atoms with Gasteiger partial charge in [0.15, 0.2) is 11.5 Å². The van der Waals surface area contributed by atoms with Crippen LogP contribution in [0.5, 0.6) is 11.5 Å². The number of methoxy groups -OCH3 is 1. The van der Waals surface area contributed by atoms with Crippen LogP contribution in [0.4, 0.5) is 10.3 Å². The van der Waals surface area contributed by atoms with Crippen LogP contribution >= 0.6 is 11.8 Å². The lowest BCUT2D eigenvalue weighted by atomic mass is 9.94. The summed E-state index contributed by atoms with van der Waals surface area (Å²) in [5, 5.41) is 8.51. The summed E-state index contributed by atoms with van der Waals surface area (Å²) in [5.74, 6) is 1.46. The number of halogens is 1. The molecule has 1 saturated carbocycles. The standard InChI is InChI=1S/C31H37FN4O4S/c1-4-5-17-39-25-16-15-21(18-26(25)38-3)28-27(29(37)40-23-12-7-6-8-13-23)20(2)33-30-34-31(35-36(28)30)41-19-22-11-9-10-14-24(22)32/h9-11,14-16,18,23,28H,4-8,12-13,17,19H2,1-3H3,(H,33,34,35). The molecular weight excluding hydrogens is 543 g/mol. The van der Waals surface area contributed by atoms with Crippen molar-refractivity contribution < 1.29 is 23.4 Å². The molecule has 218 valence electrons. The maximum atomic E-state index is 14.2. The molecule has 8 nitrogen and oxygen atoms in total. The molecule has 0 radical (unpaired) electrons. The van der Waals surface area contributed by atoms with Crippen molar-refractivity contribution in [3.8, 4) is 11.5 Å². The van der Waals surface area contributed by atoms with Crippen molar-refractivity contribution in [1.29, 1.82) is 0 Å². The van der Waals surface area contributed by atoms with Gasteiger partial charge in [-0.1, -0.05) is 55.8 Å². The molecule has 2 aromatic carbocycles. The van der Waals surface area contributed by atoms with Gasteiger partial charge >= 0.3 is 5.97 Å². The fourth-order valence-electron chi connectivity index (χ4n) is 5.22. The number of unbranched alkanes of at least 4 members (excludes halogenated alkanes) is 1. The van der Waals surface area contributed by atoms with E-state index in [1.165, 1.54) is 24.2 Å². The van der Waals surface area contributed by atoms with Gasteiger partial charge in [-0.2, -0.15) is 4.98 Å².